The minimum Gasteiger partial charge on any atom is -0.495 e. The highest BCUT2D eigenvalue weighted by molar-refractivity contribution is 5.94. The zero-order valence-corrected chi connectivity index (χ0v) is 24.5. The molecule has 0 aliphatic carbocycles. The predicted molar refractivity (Wildman–Crippen MR) is 167 cm³/mol. The van der Waals surface area contributed by atoms with E-state index in [9.17, 15) is 9.18 Å². The number of nitrogens with zero attached hydrogens (tertiary/aromatic N) is 6. The molecule has 226 valence electrons. The first-order valence-corrected chi connectivity index (χ1v) is 14.1. The van der Waals surface area contributed by atoms with Crippen LogP contribution in [0.15, 0.2) is 79.9 Å². The maximum atomic E-state index is 14.9. The quantitative estimate of drug-likeness (QED) is 0.172. The Kier molecular flexibility index (Phi) is 9.28. The van der Waals surface area contributed by atoms with E-state index in [1.807, 2.05) is 24.0 Å². The van der Waals surface area contributed by atoms with Gasteiger partial charge in [0.15, 0.2) is 0 Å². The lowest BCUT2D eigenvalue weighted by atomic mass is 10.1. The van der Waals surface area contributed by atoms with Gasteiger partial charge in [0.1, 0.15) is 29.5 Å². The molecule has 1 saturated heterocycles. The fourth-order valence-corrected chi connectivity index (χ4v) is 4.63. The largest absolute Gasteiger partial charge is 0.495 e. The molecule has 12 heteroatoms. The van der Waals surface area contributed by atoms with Gasteiger partial charge in [0.2, 0.25) is 11.8 Å². The summed E-state index contributed by atoms with van der Waals surface area (Å²) >= 11 is 0. The summed E-state index contributed by atoms with van der Waals surface area (Å²) in [5.41, 5.74) is 8.99. The van der Waals surface area contributed by atoms with Crippen molar-refractivity contribution in [3.05, 3.63) is 91.4 Å². The van der Waals surface area contributed by atoms with Crippen LogP contribution in [0.5, 0.6) is 17.4 Å². The van der Waals surface area contributed by atoms with Crippen molar-refractivity contribution in [1.29, 1.82) is 0 Å². The monoisotopic (exact) mass is 596 g/mol. The number of likely N-dealkylation sites (tertiary alicyclic amines) is 1. The number of pyridine rings is 1. The lowest BCUT2D eigenvalue weighted by Crippen LogP contribution is -2.34. The summed E-state index contributed by atoms with van der Waals surface area (Å²) < 4.78 is 27.5. The Morgan fingerprint density at radius 2 is 1.89 bits per heavy atom. The van der Waals surface area contributed by atoms with Gasteiger partial charge < -0.3 is 25.4 Å². The summed E-state index contributed by atoms with van der Waals surface area (Å²) in [5, 5.41) is 7.99. The number of nitrogens with two attached hydrogens (primary N) is 1. The van der Waals surface area contributed by atoms with E-state index in [0.29, 0.717) is 39.8 Å². The van der Waals surface area contributed by atoms with Crippen molar-refractivity contribution in [2.75, 3.05) is 31.2 Å². The molecular weight excluding hydrogens is 563 g/mol. The van der Waals surface area contributed by atoms with Crippen molar-refractivity contribution in [3.8, 4) is 23.1 Å². The number of amides is 1. The van der Waals surface area contributed by atoms with Gasteiger partial charge in [-0.05, 0) is 62.6 Å². The Balaban J connectivity index is 0.000000328. The average Bonchev–Trinajstić information content (AvgIpc) is 3.51. The molecule has 11 nitrogen and oxygen atoms in total. The summed E-state index contributed by atoms with van der Waals surface area (Å²) in [6.07, 6.45) is 9.81. The van der Waals surface area contributed by atoms with Crippen molar-refractivity contribution in [2.45, 2.75) is 26.2 Å². The van der Waals surface area contributed by atoms with Crippen LogP contribution in [-0.2, 0) is 4.79 Å². The zero-order valence-electron chi connectivity index (χ0n) is 24.5. The second-order valence-corrected chi connectivity index (χ2v) is 10.0. The first-order valence-electron chi connectivity index (χ1n) is 14.1. The van der Waals surface area contributed by atoms with Crippen LogP contribution >= 0.6 is 0 Å². The molecule has 0 unspecified atom stereocenters. The molecule has 3 N–H and O–H groups in total. The Morgan fingerprint density at radius 1 is 1.07 bits per heavy atom. The van der Waals surface area contributed by atoms with Gasteiger partial charge in [-0.1, -0.05) is 6.58 Å². The van der Waals surface area contributed by atoms with E-state index in [2.05, 4.69) is 31.9 Å². The number of halogens is 1. The first-order chi connectivity index (χ1) is 21.3. The second kappa shape index (κ2) is 13.6. The number of piperidine rings is 1. The SMILES string of the molecule is C=CC(=O)N1CCCCC1.COc1cc2ncnc(Nc3ccc(Oc4ccn(-c5ccc(C)nc5)n4)cc3F)c2cc1N. The normalized spacial score (nSPS) is 12.7. The number of anilines is 3. The van der Waals surface area contributed by atoms with Crippen LogP contribution in [0.4, 0.5) is 21.6 Å². The third-order valence-electron chi connectivity index (χ3n) is 6.97. The number of carbonyl (C=O) groups excluding carboxylic acids is 1. The molecule has 4 heterocycles. The Bertz CT molecular complexity index is 1770. The molecule has 1 amide bonds. The number of carbonyl (C=O) groups is 1. The smallest absolute Gasteiger partial charge is 0.245 e. The van der Waals surface area contributed by atoms with Crippen LogP contribution in [0.3, 0.4) is 0 Å². The summed E-state index contributed by atoms with van der Waals surface area (Å²) in [6.45, 7) is 7.20. The number of aryl methyl sites for hydroxylation is 1. The van der Waals surface area contributed by atoms with Gasteiger partial charge in [-0.25, -0.2) is 19.0 Å². The van der Waals surface area contributed by atoms with Crippen molar-refractivity contribution in [1.82, 2.24) is 29.6 Å². The Hall–Kier alpha value is -5.52. The number of hydrogen-bond acceptors (Lipinski definition) is 9. The zero-order chi connectivity index (χ0) is 31.1. The number of hydrogen-bond donors (Lipinski definition) is 2. The number of nitrogen functional groups attached to an aromatic ring is 1. The van der Waals surface area contributed by atoms with E-state index in [1.54, 1.807) is 47.4 Å². The van der Waals surface area contributed by atoms with Crippen molar-refractivity contribution in [2.24, 2.45) is 0 Å². The number of methoxy groups -OCH3 is 1. The highest BCUT2D eigenvalue weighted by Gasteiger charge is 2.14. The molecule has 1 fully saturated rings. The maximum absolute atomic E-state index is 14.9. The average molecular weight is 597 g/mol. The van der Waals surface area contributed by atoms with Gasteiger partial charge in [0, 0.05) is 48.6 Å². The lowest BCUT2D eigenvalue weighted by Gasteiger charge is -2.25. The van der Waals surface area contributed by atoms with Crippen molar-refractivity contribution in [3.63, 3.8) is 0 Å². The van der Waals surface area contributed by atoms with Crippen LogP contribution in [0.2, 0.25) is 0 Å². The molecule has 44 heavy (non-hydrogen) atoms. The van der Waals surface area contributed by atoms with E-state index >= 15 is 0 Å². The van der Waals surface area contributed by atoms with Gasteiger partial charge in [-0.3, -0.25) is 9.78 Å². The number of fused-ring (bicyclic) bond motifs is 1. The molecule has 0 radical (unpaired) electrons. The van der Waals surface area contributed by atoms with E-state index in [-0.39, 0.29) is 11.6 Å². The number of aromatic nitrogens is 5. The third kappa shape index (κ3) is 7.09. The molecule has 2 aromatic carbocycles. The third-order valence-corrected chi connectivity index (χ3v) is 6.97. The highest BCUT2D eigenvalue weighted by atomic mass is 19.1. The van der Waals surface area contributed by atoms with Gasteiger partial charge >= 0.3 is 0 Å². The topological polar surface area (TPSA) is 133 Å². The Morgan fingerprint density at radius 3 is 2.59 bits per heavy atom. The van der Waals surface area contributed by atoms with Crippen molar-refractivity contribution >= 4 is 34.0 Å². The van der Waals surface area contributed by atoms with Crippen LogP contribution < -0.4 is 20.5 Å². The van der Waals surface area contributed by atoms with Gasteiger partial charge in [-0.2, -0.15) is 0 Å². The summed E-state index contributed by atoms with van der Waals surface area (Å²) in [7, 11) is 1.53. The van der Waals surface area contributed by atoms with Crippen molar-refractivity contribution < 1.29 is 18.7 Å². The van der Waals surface area contributed by atoms with Crippen LogP contribution in [0, 0.1) is 12.7 Å². The summed E-state index contributed by atoms with van der Waals surface area (Å²) in [6, 6.07) is 13.3. The number of ether oxygens (including phenoxy) is 2. The highest BCUT2D eigenvalue weighted by Crippen LogP contribution is 2.32. The molecule has 5 aromatic rings. The lowest BCUT2D eigenvalue weighted by molar-refractivity contribution is -0.126. The predicted octanol–water partition coefficient (Wildman–Crippen LogP) is 5.97. The van der Waals surface area contributed by atoms with Crippen LogP contribution in [-0.4, -0.2) is 55.7 Å². The van der Waals surface area contributed by atoms with E-state index in [4.69, 9.17) is 15.2 Å². The van der Waals surface area contributed by atoms with E-state index in [0.717, 1.165) is 37.3 Å². The number of benzene rings is 2. The van der Waals surface area contributed by atoms with Gasteiger partial charge in [0.05, 0.1) is 35.9 Å². The molecule has 0 spiro atoms. The summed E-state index contributed by atoms with van der Waals surface area (Å²) in [4.78, 5) is 25.6. The number of nitrogens with one attached hydrogen (secondary N) is 1. The molecule has 0 saturated carbocycles. The minimum atomic E-state index is -0.520. The molecule has 0 bridgehead atoms. The van der Waals surface area contributed by atoms with E-state index in [1.165, 1.54) is 32.0 Å². The molecule has 0 atom stereocenters. The molecule has 6 rings (SSSR count). The molecule has 1 aliphatic heterocycles. The minimum absolute atomic E-state index is 0.0831. The van der Waals surface area contributed by atoms with Gasteiger partial charge in [0.25, 0.3) is 0 Å². The number of rotatable bonds is 7. The fourth-order valence-electron chi connectivity index (χ4n) is 4.63. The fraction of sp³-hybridized carbons (Fsp3) is 0.219. The standard InChI is InChI=1S/C24H20FN7O2.C8H13NO/c1-14-3-4-15(12-27-14)32-8-7-23(31-32)34-16-5-6-20(18(25)9-16)30-24-17-10-19(26)22(33-2)11-21(17)28-13-29-24;1-2-8(10)9-6-4-3-5-7-9/h3-13H,26H2,1-2H3,(H,28,29,30);2H,1,3-7H2. The van der Waals surface area contributed by atoms with Crippen LogP contribution in [0.1, 0.15) is 25.0 Å². The molecule has 3 aromatic heterocycles. The first kappa shape index (κ1) is 30.0. The molecule has 1 aliphatic rings. The van der Waals surface area contributed by atoms with Gasteiger partial charge in [-0.15, -0.1) is 5.10 Å². The summed E-state index contributed by atoms with van der Waals surface area (Å²) in [5.74, 6) is 1.11. The van der Waals surface area contributed by atoms with E-state index < -0.39 is 5.82 Å². The molecular formula is C32H33FN8O3. The second-order valence-electron chi connectivity index (χ2n) is 10.0. The van der Waals surface area contributed by atoms with Crippen LogP contribution in [0.25, 0.3) is 16.6 Å². The maximum Gasteiger partial charge on any atom is 0.245 e. The Labute approximate surface area is 254 Å².